The Morgan fingerprint density at radius 3 is 1.97 bits per heavy atom. The zero-order chi connectivity index (χ0) is 24.6. The first-order valence-electron chi connectivity index (χ1n) is 9.82. The van der Waals surface area contributed by atoms with E-state index in [1.807, 2.05) is 0 Å². The third-order valence-electron chi connectivity index (χ3n) is 5.24. The van der Waals surface area contributed by atoms with Crippen LogP contribution < -0.4 is 4.72 Å². The highest BCUT2D eigenvalue weighted by Crippen LogP contribution is 2.38. The van der Waals surface area contributed by atoms with Crippen LogP contribution in [0.4, 0.5) is 0 Å². The predicted octanol–water partition coefficient (Wildman–Crippen LogP) is 4.69. The average molecular weight is 528 g/mol. The van der Waals surface area contributed by atoms with Gasteiger partial charge in [-0.15, -0.1) is 0 Å². The van der Waals surface area contributed by atoms with Crippen LogP contribution in [0, 0.1) is 0 Å². The highest BCUT2D eigenvalue weighted by molar-refractivity contribution is 7.91. The van der Waals surface area contributed by atoms with Crippen LogP contribution in [0.1, 0.15) is 36.6 Å². The molecule has 0 heterocycles. The van der Waals surface area contributed by atoms with E-state index in [9.17, 15) is 21.9 Å². The Kier molecular flexibility index (Phi) is 7.29. The van der Waals surface area contributed by atoms with Gasteiger partial charge in [-0.1, -0.05) is 47.5 Å². The third-order valence-corrected chi connectivity index (χ3v) is 8.34. The lowest BCUT2D eigenvalue weighted by molar-refractivity contribution is 0.0991. The molecular weight excluding hydrogens is 505 g/mol. The molecule has 0 bridgehead atoms. The molecule has 3 aromatic carbocycles. The molecule has 0 radical (unpaired) electrons. The Bertz CT molecular complexity index is 1370. The van der Waals surface area contributed by atoms with Crippen molar-refractivity contribution in [2.75, 3.05) is 6.26 Å². The molecule has 1 unspecified atom stereocenters. The second-order valence-corrected chi connectivity index (χ2v) is 12.5. The smallest absolute Gasteiger partial charge is 0.209 e. The van der Waals surface area contributed by atoms with E-state index in [2.05, 4.69) is 4.72 Å². The van der Waals surface area contributed by atoms with Gasteiger partial charge in [-0.05, 0) is 67.4 Å². The number of sulfone groups is 1. The summed E-state index contributed by atoms with van der Waals surface area (Å²) in [5.41, 5.74) is -0.509. The molecule has 3 aromatic rings. The van der Waals surface area contributed by atoms with Crippen LogP contribution in [0.2, 0.25) is 10.0 Å². The van der Waals surface area contributed by atoms with Gasteiger partial charge >= 0.3 is 0 Å². The van der Waals surface area contributed by atoms with Gasteiger partial charge in [0.15, 0.2) is 0 Å². The highest BCUT2D eigenvalue weighted by Gasteiger charge is 2.33. The third kappa shape index (κ3) is 5.77. The Balaban J connectivity index is 2.07. The van der Waals surface area contributed by atoms with Crippen LogP contribution in [0.15, 0.2) is 76.5 Å². The van der Waals surface area contributed by atoms with Gasteiger partial charge in [0, 0.05) is 21.7 Å². The second kappa shape index (κ2) is 9.37. The summed E-state index contributed by atoms with van der Waals surface area (Å²) >= 11 is 12.1. The second-order valence-electron chi connectivity index (χ2n) is 7.90. The largest absolute Gasteiger partial charge is 0.381 e. The number of sulfonamides is 1. The Morgan fingerprint density at radius 1 is 0.879 bits per heavy atom. The van der Waals surface area contributed by atoms with Crippen LogP contribution in [-0.2, 0) is 25.5 Å². The molecule has 2 atom stereocenters. The van der Waals surface area contributed by atoms with E-state index in [0.29, 0.717) is 16.1 Å². The summed E-state index contributed by atoms with van der Waals surface area (Å²) in [7, 11) is -7.47. The molecule has 0 fully saturated rings. The summed E-state index contributed by atoms with van der Waals surface area (Å²) in [5.74, 6) is 0. The van der Waals surface area contributed by atoms with Crippen molar-refractivity contribution in [2.45, 2.75) is 35.3 Å². The van der Waals surface area contributed by atoms with Crippen LogP contribution in [0.3, 0.4) is 0 Å². The van der Waals surface area contributed by atoms with E-state index in [0.717, 1.165) is 6.26 Å². The molecule has 0 spiro atoms. The van der Waals surface area contributed by atoms with Crippen LogP contribution in [-0.4, -0.2) is 28.2 Å². The molecule has 10 heteroatoms. The SMILES string of the molecule is C[C@H](NS(C)(=O)=O)c1ccc(S(=O)(=O)c2ccc(Cl)cc2C(C)(O)c2ccc(Cl)cc2)cc1. The first-order chi connectivity index (χ1) is 15.2. The van der Waals surface area contributed by atoms with Crippen molar-refractivity contribution in [3.8, 4) is 0 Å². The number of aliphatic hydroxyl groups is 1. The van der Waals surface area contributed by atoms with Gasteiger partial charge in [-0.25, -0.2) is 21.6 Å². The van der Waals surface area contributed by atoms with Gasteiger partial charge in [0.05, 0.1) is 16.0 Å². The molecule has 6 nitrogen and oxygen atoms in total. The topological polar surface area (TPSA) is 101 Å². The number of benzene rings is 3. The van der Waals surface area contributed by atoms with E-state index in [1.165, 1.54) is 37.3 Å². The summed E-state index contributed by atoms with van der Waals surface area (Å²) in [6.45, 7) is 3.15. The molecule has 176 valence electrons. The van der Waals surface area contributed by atoms with Crippen molar-refractivity contribution < 1.29 is 21.9 Å². The van der Waals surface area contributed by atoms with Crippen molar-refractivity contribution >= 4 is 43.1 Å². The minimum atomic E-state index is -4.05. The lowest BCUT2D eigenvalue weighted by Gasteiger charge is -2.27. The molecule has 0 saturated heterocycles. The summed E-state index contributed by atoms with van der Waals surface area (Å²) in [6, 6.07) is 16.0. The van der Waals surface area contributed by atoms with Gasteiger partial charge in [-0.3, -0.25) is 0 Å². The number of hydrogen-bond acceptors (Lipinski definition) is 5. The van der Waals surface area contributed by atoms with Crippen LogP contribution >= 0.6 is 23.2 Å². The van der Waals surface area contributed by atoms with Gasteiger partial charge < -0.3 is 5.11 Å². The first-order valence-corrected chi connectivity index (χ1v) is 14.0. The van der Waals surface area contributed by atoms with Crippen molar-refractivity contribution in [1.82, 2.24) is 4.72 Å². The first kappa shape index (κ1) is 25.7. The zero-order valence-electron chi connectivity index (χ0n) is 18.1. The minimum Gasteiger partial charge on any atom is -0.381 e. The quantitative estimate of drug-likeness (QED) is 0.464. The number of hydrogen-bond donors (Lipinski definition) is 2. The van der Waals surface area contributed by atoms with Crippen LogP contribution in [0.25, 0.3) is 0 Å². The van der Waals surface area contributed by atoms with E-state index in [4.69, 9.17) is 23.2 Å². The summed E-state index contributed by atoms with van der Waals surface area (Å²) in [4.78, 5) is -0.102. The van der Waals surface area contributed by atoms with Gasteiger partial charge in [0.2, 0.25) is 19.9 Å². The predicted molar refractivity (Wildman–Crippen MR) is 130 cm³/mol. The highest BCUT2D eigenvalue weighted by atomic mass is 35.5. The minimum absolute atomic E-state index is 0.00622. The summed E-state index contributed by atoms with van der Waals surface area (Å²) in [5, 5.41) is 12.1. The van der Waals surface area contributed by atoms with Crippen molar-refractivity contribution in [1.29, 1.82) is 0 Å². The standard InChI is InChI=1S/C23H23Cl2NO5S2/c1-15(26-32(3,28)29)16-4-11-20(12-5-16)33(30,31)22-13-10-19(25)14-21(22)23(2,27)17-6-8-18(24)9-7-17/h4-15,26-27H,1-3H3/t15-,23?/m0/s1. The molecule has 3 rings (SSSR count). The number of nitrogens with one attached hydrogen (secondary N) is 1. The van der Waals surface area contributed by atoms with E-state index in [-0.39, 0.29) is 20.4 Å². The molecule has 0 amide bonds. The fraction of sp³-hybridized carbons (Fsp3) is 0.217. The van der Waals surface area contributed by atoms with Crippen molar-refractivity contribution in [2.24, 2.45) is 0 Å². The molecule has 33 heavy (non-hydrogen) atoms. The molecule has 0 aromatic heterocycles. The maximum atomic E-state index is 13.5. The van der Waals surface area contributed by atoms with Gasteiger partial charge in [-0.2, -0.15) is 0 Å². The number of rotatable bonds is 7. The maximum absolute atomic E-state index is 13.5. The van der Waals surface area contributed by atoms with Gasteiger partial charge in [0.1, 0.15) is 5.60 Å². The fourth-order valence-electron chi connectivity index (χ4n) is 3.50. The van der Waals surface area contributed by atoms with E-state index >= 15 is 0 Å². The Morgan fingerprint density at radius 2 is 1.42 bits per heavy atom. The number of halogens is 2. The molecule has 0 aliphatic heterocycles. The fourth-order valence-corrected chi connectivity index (χ4v) is 6.12. The zero-order valence-corrected chi connectivity index (χ0v) is 21.2. The Hall–Kier alpha value is -1.94. The van der Waals surface area contributed by atoms with E-state index < -0.39 is 31.5 Å². The van der Waals surface area contributed by atoms with Gasteiger partial charge in [0.25, 0.3) is 0 Å². The normalized spacial score (nSPS) is 15.1. The lowest BCUT2D eigenvalue weighted by atomic mass is 9.88. The molecule has 0 saturated carbocycles. The molecule has 2 N–H and O–H groups in total. The van der Waals surface area contributed by atoms with Crippen LogP contribution in [0.5, 0.6) is 0 Å². The summed E-state index contributed by atoms with van der Waals surface area (Å²) < 4.78 is 52.4. The average Bonchev–Trinajstić information content (AvgIpc) is 2.72. The van der Waals surface area contributed by atoms with Crippen molar-refractivity contribution in [3.05, 3.63) is 93.5 Å². The molecular formula is C23H23Cl2NO5S2. The monoisotopic (exact) mass is 527 g/mol. The molecule has 0 aliphatic rings. The summed E-state index contributed by atoms with van der Waals surface area (Å²) in [6.07, 6.45) is 1.05. The molecule has 0 aliphatic carbocycles. The van der Waals surface area contributed by atoms with Crippen molar-refractivity contribution in [3.63, 3.8) is 0 Å². The maximum Gasteiger partial charge on any atom is 0.209 e. The van der Waals surface area contributed by atoms with E-state index in [1.54, 1.807) is 43.3 Å². The Labute approximate surface area is 204 Å². The lowest BCUT2D eigenvalue weighted by Crippen LogP contribution is -2.26.